The Morgan fingerprint density at radius 3 is 2.19 bits per heavy atom. The summed E-state index contributed by atoms with van der Waals surface area (Å²) in [5.41, 5.74) is 1.37. The number of hydrogen-bond acceptors (Lipinski definition) is 5. The van der Waals surface area contributed by atoms with Crippen molar-refractivity contribution in [1.29, 1.82) is 0 Å². The Morgan fingerprint density at radius 2 is 1.58 bits per heavy atom. The number of carbonyl (C=O) groups is 1. The van der Waals surface area contributed by atoms with Gasteiger partial charge in [0.05, 0.1) is 10.6 Å². The van der Waals surface area contributed by atoms with E-state index in [1.54, 1.807) is 19.9 Å². The molecule has 0 spiro atoms. The van der Waals surface area contributed by atoms with E-state index in [9.17, 15) is 13.2 Å². The van der Waals surface area contributed by atoms with Crippen LogP contribution in [0.5, 0.6) is 0 Å². The summed E-state index contributed by atoms with van der Waals surface area (Å²) >= 11 is 6.38. The summed E-state index contributed by atoms with van der Waals surface area (Å²) < 4.78 is 27.5. The number of hydrogen-bond donors (Lipinski definition) is 2. The number of amides is 2. The minimum Gasteiger partial charge on any atom is -0.275 e. The summed E-state index contributed by atoms with van der Waals surface area (Å²) in [5, 5.41) is 1.10. The highest BCUT2D eigenvalue weighted by Gasteiger charge is 2.33. The molecule has 1 aliphatic rings. The molecule has 1 saturated carbocycles. The number of alkyl halides is 1. The lowest BCUT2D eigenvalue weighted by Crippen LogP contribution is -2.44. The zero-order valence-electron chi connectivity index (χ0n) is 15.3. The molecule has 2 rings (SSSR count). The summed E-state index contributed by atoms with van der Waals surface area (Å²) in [6.45, 7) is 3.54. The largest absolute Gasteiger partial charge is 0.335 e. The zero-order chi connectivity index (χ0) is 19.2. The van der Waals surface area contributed by atoms with E-state index in [-0.39, 0.29) is 5.95 Å². The summed E-state index contributed by atoms with van der Waals surface area (Å²) in [6.07, 6.45) is 7.10. The van der Waals surface area contributed by atoms with Gasteiger partial charge >= 0.3 is 6.03 Å². The number of nitrogens with one attached hydrogen (secondary N) is 2. The Labute approximate surface area is 160 Å². The van der Waals surface area contributed by atoms with Gasteiger partial charge in [0.1, 0.15) is 0 Å². The first-order valence-electron chi connectivity index (χ1n) is 9.07. The molecule has 146 valence electrons. The van der Waals surface area contributed by atoms with Crippen LogP contribution >= 0.6 is 11.6 Å². The van der Waals surface area contributed by atoms with E-state index >= 15 is 0 Å². The number of halogens is 1. The molecule has 0 aromatic carbocycles. The van der Waals surface area contributed by atoms with Crippen LogP contribution in [-0.4, -0.2) is 35.0 Å². The summed E-state index contributed by atoms with van der Waals surface area (Å²) in [5.74, 6) is 0.0728. The Morgan fingerprint density at radius 1 is 1.04 bits per heavy atom. The second kappa shape index (κ2) is 9.50. The molecule has 2 amide bonds. The monoisotopic (exact) mass is 402 g/mol. The Balaban J connectivity index is 2.05. The fraction of sp³-hybridized carbons (Fsp3) is 0.706. The quantitative estimate of drug-likeness (QED) is 0.751. The maximum Gasteiger partial charge on any atom is 0.335 e. The van der Waals surface area contributed by atoms with Gasteiger partial charge in [-0.3, -0.25) is 5.32 Å². The van der Waals surface area contributed by atoms with Crippen molar-refractivity contribution in [3.8, 4) is 0 Å². The van der Waals surface area contributed by atoms with Crippen molar-refractivity contribution in [1.82, 2.24) is 14.7 Å². The van der Waals surface area contributed by atoms with Gasteiger partial charge in [-0.1, -0.05) is 38.5 Å². The topological polar surface area (TPSA) is 101 Å². The van der Waals surface area contributed by atoms with Gasteiger partial charge in [0.2, 0.25) is 16.0 Å². The van der Waals surface area contributed by atoms with Crippen molar-refractivity contribution in [2.24, 2.45) is 0 Å². The van der Waals surface area contributed by atoms with Crippen LogP contribution in [0.25, 0.3) is 0 Å². The molecule has 0 saturated heterocycles. The maximum atomic E-state index is 12.7. The van der Waals surface area contributed by atoms with Crippen molar-refractivity contribution in [2.45, 2.75) is 75.8 Å². The number of aryl methyl sites for hydroxylation is 2. The Bertz CT molecular complexity index is 706. The smallest absolute Gasteiger partial charge is 0.275 e. The lowest BCUT2D eigenvalue weighted by atomic mass is 10.0. The van der Waals surface area contributed by atoms with Crippen molar-refractivity contribution < 1.29 is 13.2 Å². The third-order valence-electron chi connectivity index (χ3n) is 4.46. The highest BCUT2D eigenvalue weighted by atomic mass is 35.5. The average molecular weight is 403 g/mol. The van der Waals surface area contributed by atoms with E-state index in [0.717, 1.165) is 38.5 Å². The first-order chi connectivity index (χ1) is 12.3. The fourth-order valence-electron chi connectivity index (χ4n) is 3.22. The molecule has 0 bridgehead atoms. The lowest BCUT2D eigenvalue weighted by Gasteiger charge is -2.23. The van der Waals surface area contributed by atoms with E-state index in [0.29, 0.717) is 24.2 Å². The maximum absolute atomic E-state index is 12.7. The molecule has 2 atom stereocenters. The zero-order valence-corrected chi connectivity index (χ0v) is 16.9. The molecule has 7 nitrogen and oxygen atoms in total. The van der Waals surface area contributed by atoms with Crippen LogP contribution in [0.2, 0.25) is 0 Å². The van der Waals surface area contributed by atoms with Gasteiger partial charge in [0.25, 0.3) is 0 Å². The van der Waals surface area contributed by atoms with Crippen LogP contribution in [-0.2, 0) is 10.0 Å². The molecule has 2 N–H and O–H groups in total. The van der Waals surface area contributed by atoms with E-state index < -0.39 is 26.7 Å². The van der Waals surface area contributed by atoms with Gasteiger partial charge in [-0.2, -0.15) is 0 Å². The molecule has 9 heteroatoms. The predicted molar refractivity (Wildman–Crippen MR) is 103 cm³/mol. The number of rotatable bonds is 3. The molecule has 1 aromatic rings. The molecule has 0 aliphatic heterocycles. The number of anilines is 1. The Hall–Kier alpha value is -1.41. The van der Waals surface area contributed by atoms with Crippen molar-refractivity contribution in [3.05, 3.63) is 17.5 Å². The first kappa shape index (κ1) is 20.9. The molecule has 1 fully saturated rings. The number of carbonyl (C=O) groups excluding carboxylic acids is 1. The molecule has 0 radical (unpaired) electrons. The third-order valence-corrected chi connectivity index (χ3v) is 6.97. The van der Waals surface area contributed by atoms with E-state index in [2.05, 4.69) is 20.0 Å². The predicted octanol–water partition coefficient (Wildman–Crippen LogP) is 3.66. The minimum atomic E-state index is -3.89. The first-order valence-corrected chi connectivity index (χ1v) is 11.0. The van der Waals surface area contributed by atoms with Crippen LogP contribution in [0, 0.1) is 13.8 Å². The number of nitrogens with zero attached hydrogens (tertiary/aromatic N) is 2. The van der Waals surface area contributed by atoms with Crippen LogP contribution in [0.3, 0.4) is 0 Å². The van der Waals surface area contributed by atoms with Gasteiger partial charge in [-0.25, -0.2) is 27.9 Å². The second-order valence-corrected chi connectivity index (χ2v) is 9.29. The highest BCUT2D eigenvalue weighted by Crippen LogP contribution is 2.25. The molecule has 26 heavy (non-hydrogen) atoms. The molecule has 2 unspecified atom stereocenters. The summed E-state index contributed by atoms with van der Waals surface area (Å²) in [6, 6.07) is 0.897. The molecular weight excluding hydrogens is 376 g/mol. The van der Waals surface area contributed by atoms with Crippen molar-refractivity contribution >= 4 is 33.6 Å². The number of sulfonamides is 1. The van der Waals surface area contributed by atoms with Crippen molar-refractivity contribution in [2.75, 3.05) is 5.32 Å². The van der Waals surface area contributed by atoms with Crippen LogP contribution in [0.1, 0.15) is 62.8 Å². The molecule has 1 aliphatic carbocycles. The van der Waals surface area contributed by atoms with Crippen LogP contribution < -0.4 is 10.0 Å². The highest BCUT2D eigenvalue weighted by molar-refractivity contribution is 7.90. The Kier molecular flexibility index (Phi) is 7.64. The number of urea groups is 1. The van der Waals surface area contributed by atoms with Gasteiger partial charge in [0, 0.05) is 11.4 Å². The minimum absolute atomic E-state index is 0.0728. The summed E-state index contributed by atoms with van der Waals surface area (Å²) in [4.78, 5) is 20.3. The van der Waals surface area contributed by atoms with Gasteiger partial charge in [0.15, 0.2) is 0 Å². The van der Waals surface area contributed by atoms with E-state index in [1.165, 1.54) is 0 Å². The van der Waals surface area contributed by atoms with Gasteiger partial charge in [-0.15, -0.1) is 11.6 Å². The average Bonchev–Trinajstić information content (AvgIpc) is 2.51. The molecule has 1 heterocycles. The third kappa shape index (κ3) is 6.39. The number of aromatic nitrogens is 2. The van der Waals surface area contributed by atoms with E-state index in [1.807, 2.05) is 0 Å². The van der Waals surface area contributed by atoms with Crippen molar-refractivity contribution in [3.63, 3.8) is 0 Å². The van der Waals surface area contributed by atoms with Gasteiger partial charge in [-0.05, 0) is 32.8 Å². The van der Waals surface area contributed by atoms with E-state index in [4.69, 9.17) is 11.6 Å². The molecular formula is C17H27ClN4O3S. The second-order valence-electron chi connectivity index (χ2n) is 6.83. The fourth-order valence-corrected chi connectivity index (χ4v) is 5.37. The summed E-state index contributed by atoms with van der Waals surface area (Å²) in [7, 11) is -3.89. The lowest BCUT2D eigenvalue weighted by molar-refractivity contribution is 0.256. The van der Waals surface area contributed by atoms with Crippen LogP contribution in [0.4, 0.5) is 10.7 Å². The van der Waals surface area contributed by atoms with Crippen LogP contribution in [0.15, 0.2) is 6.07 Å². The molecule has 1 aromatic heterocycles. The normalized spacial score (nSPS) is 22.4. The van der Waals surface area contributed by atoms with Gasteiger partial charge < -0.3 is 0 Å². The standard InChI is InChI=1S/C17H27ClN4O3S/c1-12-11-13(2)20-16(19-12)21-17(23)22-26(24,25)15-10-8-6-4-3-5-7-9-14(15)18/h11,14-15H,3-10H2,1-2H3,(H2,19,20,21,22,23). The SMILES string of the molecule is Cc1cc(C)nc(NC(=O)NS(=O)(=O)C2CCCCCCCCC2Cl)n1.